The number of nitro groups is 1. The fourth-order valence-electron chi connectivity index (χ4n) is 2.82. The molecule has 0 aromatic heterocycles. The second kappa shape index (κ2) is 8.24. The van der Waals surface area contributed by atoms with Gasteiger partial charge in [0, 0.05) is 24.2 Å². The lowest BCUT2D eigenvalue weighted by atomic mass is 10.3. The van der Waals surface area contributed by atoms with Crippen molar-refractivity contribution < 1.29 is 21.8 Å². The Morgan fingerprint density at radius 2 is 1.69 bits per heavy atom. The molecular formula is C16H17ClN4O6S2. The van der Waals surface area contributed by atoms with Crippen LogP contribution in [0.5, 0.6) is 0 Å². The molecule has 2 aromatic rings. The summed E-state index contributed by atoms with van der Waals surface area (Å²) in [6, 6.07) is 8.69. The molecule has 1 heterocycles. The quantitative estimate of drug-likeness (QED) is 0.477. The summed E-state index contributed by atoms with van der Waals surface area (Å²) >= 11 is 5.79. The molecule has 2 N–H and O–H groups in total. The van der Waals surface area contributed by atoms with E-state index in [-0.39, 0.29) is 20.5 Å². The van der Waals surface area contributed by atoms with E-state index in [9.17, 15) is 26.9 Å². The van der Waals surface area contributed by atoms with Gasteiger partial charge in [0.25, 0.3) is 15.7 Å². The number of hydrogen-bond acceptors (Lipinski definition) is 7. The number of rotatable bonds is 7. The molecule has 13 heteroatoms. The van der Waals surface area contributed by atoms with Crippen molar-refractivity contribution >= 4 is 43.0 Å². The number of sulfonamides is 2. The van der Waals surface area contributed by atoms with Crippen LogP contribution in [0.25, 0.3) is 0 Å². The Bertz CT molecular complexity index is 1150. The van der Waals surface area contributed by atoms with Crippen LogP contribution in [0.3, 0.4) is 0 Å². The normalized spacial score (nSPS) is 15.3. The van der Waals surface area contributed by atoms with Crippen LogP contribution in [0.15, 0.2) is 52.3 Å². The molecule has 2 aromatic carbocycles. The molecule has 0 spiro atoms. The molecule has 0 atom stereocenters. The number of hydrogen-bond donors (Lipinski definition) is 2. The van der Waals surface area contributed by atoms with Gasteiger partial charge in [0.1, 0.15) is 5.69 Å². The van der Waals surface area contributed by atoms with Crippen molar-refractivity contribution in [3.05, 3.63) is 57.6 Å². The van der Waals surface area contributed by atoms with E-state index in [2.05, 4.69) is 5.43 Å². The second-order valence-electron chi connectivity index (χ2n) is 6.24. The summed E-state index contributed by atoms with van der Waals surface area (Å²) in [6.07, 6.45) is 1.46. The van der Waals surface area contributed by atoms with E-state index in [4.69, 9.17) is 11.6 Å². The van der Waals surface area contributed by atoms with Gasteiger partial charge in [0.15, 0.2) is 0 Å². The Morgan fingerprint density at radius 1 is 1.00 bits per heavy atom. The van der Waals surface area contributed by atoms with Gasteiger partial charge in [-0.3, -0.25) is 10.1 Å². The van der Waals surface area contributed by atoms with E-state index in [1.807, 2.05) is 4.83 Å². The third-order valence-corrected chi connectivity index (χ3v) is 7.67. The average molecular weight is 461 g/mol. The van der Waals surface area contributed by atoms with E-state index in [0.717, 1.165) is 25.0 Å². The lowest BCUT2D eigenvalue weighted by molar-refractivity contribution is -0.384. The molecule has 1 aliphatic rings. The first-order chi connectivity index (χ1) is 13.6. The van der Waals surface area contributed by atoms with Crippen molar-refractivity contribution in [2.75, 3.05) is 18.5 Å². The summed E-state index contributed by atoms with van der Waals surface area (Å²) in [5, 5.41) is 11.6. The Morgan fingerprint density at radius 3 is 2.31 bits per heavy atom. The monoisotopic (exact) mass is 460 g/mol. The van der Waals surface area contributed by atoms with E-state index in [0.29, 0.717) is 13.1 Å². The van der Waals surface area contributed by atoms with Crippen LogP contribution >= 0.6 is 11.6 Å². The molecule has 0 amide bonds. The van der Waals surface area contributed by atoms with Crippen LogP contribution in [0.2, 0.25) is 5.02 Å². The minimum atomic E-state index is -4.07. The third kappa shape index (κ3) is 4.67. The third-order valence-electron chi connectivity index (χ3n) is 4.30. The van der Waals surface area contributed by atoms with Gasteiger partial charge in [0.2, 0.25) is 10.0 Å². The lowest BCUT2D eigenvalue weighted by Crippen LogP contribution is -2.30. The van der Waals surface area contributed by atoms with Crippen LogP contribution in [-0.2, 0) is 20.0 Å². The molecule has 10 nitrogen and oxygen atoms in total. The van der Waals surface area contributed by atoms with Gasteiger partial charge >= 0.3 is 0 Å². The van der Waals surface area contributed by atoms with E-state index >= 15 is 0 Å². The Hall–Kier alpha value is -2.25. The fourth-order valence-corrected chi connectivity index (χ4v) is 5.52. The summed E-state index contributed by atoms with van der Waals surface area (Å²) in [6.45, 7) is 0.713. The van der Waals surface area contributed by atoms with Gasteiger partial charge in [-0.1, -0.05) is 17.7 Å². The molecule has 0 saturated carbocycles. The van der Waals surface area contributed by atoms with E-state index in [1.165, 1.54) is 34.6 Å². The Kier molecular flexibility index (Phi) is 6.10. The predicted octanol–water partition coefficient (Wildman–Crippen LogP) is 2.34. The highest BCUT2D eigenvalue weighted by Crippen LogP contribution is 2.30. The van der Waals surface area contributed by atoms with Crippen LogP contribution in [0, 0.1) is 10.1 Å². The average Bonchev–Trinajstić information content (AvgIpc) is 3.22. The Labute approximate surface area is 172 Å². The van der Waals surface area contributed by atoms with Crippen LogP contribution < -0.4 is 10.3 Å². The molecule has 0 unspecified atom stereocenters. The highest BCUT2D eigenvalue weighted by Gasteiger charge is 2.29. The number of nitro benzene ring substituents is 1. The molecule has 3 rings (SSSR count). The zero-order chi connectivity index (χ0) is 21.2. The molecule has 0 bridgehead atoms. The Balaban J connectivity index is 1.87. The van der Waals surface area contributed by atoms with Crippen molar-refractivity contribution in [3.63, 3.8) is 0 Å². The molecule has 1 saturated heterocycles. The first-order valence-corrected chi connectivity index (χ1v) is 11.7. The zero-order valence-corrected chi connectivity index (χ0v) is 17.3. The topological polar surface area (TPSA) is 139 Å². The first-order valence-electron chi connectivity index (χ1n) is 8.43. The molecular weight excluding hydrogens is 444 g/mol. The standard InChI is InChI=1S/C16H17ClN4O6S2/c17-12-4-3-5-13(10-12)28(24,25)19-18-15-7-6-14(11-16(15)21(22)23)29(26,27)20-8-1-2-9-20/h3-7,10-11,18-19H,1-2,8-9H2. The summed E-state index contributed by atoms with van der Waals surface area (Å²) in [7, 11) is -7.92. The number of benzene rings is 2. The zero-order valence-electron chi connectivity index (χ0n) is 14.9. The van der Waals surface area contributed by atoms with E-state index in [1.54, 1.807) is 0 Å². The second-order valence-corrected chi connectivity index (χ2v) is 10.3. The maximum absolute atomic E-state index is 12.6. The maximum atomic E-state index is 12.6. The molecule has 0 aliphatic carbocycles. The van der Waals surface area contributed by atoms with Crippen molar-refractivity contribution in [3.8, 4) is 0 Å². The van der Waals surface area contributed by atoms with Crippen molar-refractivity contribution in [2.45, 2.75) is 22.6 Å². The van der Waals surface area contributed by atoms with Crippen LogP contribution in [0.4, 0.5) is 11.4 Å². The number of halogens is 1. The minimum Gasteiger partial charge on any atom is -0.302 e. The van der Waals surface area contributed by atoms with E-state index < -0.39 is 30.7 Å². The van der Waals surface area contributed by atoms with Gasteiger partial charge in [-0.2, -0.15) is 4.31 Å². The fraction of sp³-hybridized carbons (Fsp3) is 0.250. The van der Waals surface area contributed by atoms with Gasteiger partial charge in [0.05, 0.1) is 14.7 Å². The molecule has 156 valence electrons. The summed E-state index contributed by atoms with van der Waals surface area (Å²) in [5.74, 6) is 0. The van der Waals surface area contributed by atoms with Gasteiger partial charge in [-0.15, -0.1) is 4.83 Å². The smallest absolute Gasteiger partial charge is 0.295 e. The highest BCUT2D eigenvalue weighted by molar-refractivity contribution is 7.89. The minimum absolute atomic E-state index is 0.145. The first kappa shape index (κ1) is 21.5. The molecule has 29 heavy (non-hydrogen) atoms. The summed E-state index contributed by atoms with van der Waals surface area (Å²) in [4.78, 5) is 12.3. The number of anilines is 1. The van der Waals surface area contributed by atoms with Gasteiger partial charge in [-0.25, -0.2) is 16.8 Å². The van der Waals surface area contributed by atoms with Crippen LogP contribution in [-0.4, -0.2) is 39.2 Å². The van der Waals surface area contributed by atoms with Crippen molar-refractivity contribution in [1.82, 2.24) is 9.14 Å². The van der Waals surface area contributed by atoms with Crippen LogP contribution in [0.1, 0.15) is 12.8 Å². The van der Waals surface area contributed by atoms with Crippen molar-refractivity contribution in [1.29, 1.82) is 0 Å². The van der Waals surface area contributed by atoms with Gasteiger partial charge in [-0.05, 0) is 43.2 Å². The highest BCUT2D eigenvalue weighted by atomic mass is 35.5. The largest absolute Gasteiger partial charge is 0.302 e. The number of nitrogens with one attached hydrogen (secondary N) is 2. The molecule has 0 radical (unpaired) electrons. The predicted molar refractivity (Wildman–Crippen MR) is 106 cm³/mol. The molecule has 1 aliphatic heterocycles. The number of hydrazine groups is 1. The number of nitrogens with zero attached hydrogens (tertiary/aromatic N) is 2. The molecule has 1 fully saturated rings. The van der Waals surface area contributed by atoms with Gasteiger partial charge < -0.3 is 5.43 Å². The summed E-state index contributed by atoms with van der Waals surface area (Å²) in [5.41, 5.74) is 1.48. The maximum Gasteiger partial charge on any atom is 0.295 e. The summed E-state index contributed by atoms with van der Waals surface area (Å²) < 4.78 is 51.2. The lowest BCUT2D eigenvalue weighted by Gasteiger charge is -2.16. The SMILES string of the molecule is O=[N+]([O-])c1cc(S(=O)(=O)N2CCCC2)ccc1NNS(=O)(=O)c1cccc(Cl)c1. The van der Waals surface area contributed by atoms with Crippen molar-refractivity contribution in [2.24, 2.45) is 0 Å².